The fraction of sp³-hybridized carbons (Fsp3) is 0.300. The van der Waals surface area contributed by atoms with Crippen molar-refractivity contribution in [2.75, 3.05) is 49.7 Å². The average Bonchev–Trinajstić information content (AvgIpc) is 2.74. The topological polar surface area (TPSA) is 128 Å². The molecule has 0 amide bonds. The second kappa shape index (κ2) is 8.05. The molecule has 3 aromatic rings. The third kappa shape index (κ3) is 4.02. The van der Waals surface area contributed by atoms with Crippen molar-refractivity contribution in [1.29, 1.82) is 0 Å². The lowest BCUT2D eigenvalue weighted by Gasteiger charge is -2.26. The van der Waals surface area contributed by atoms with Gasteiger partial charge in [0, 0.05) is 37.8 Å². The fourth-order valence-electron chi connectivity index (χ4n) is 3.46. The van der Waals surface area contributed by atoms with Gasteiger partial charge in [-0.2, -0.15) is 9.29 Å². The average molecular weight is 429 g/mol. The van der Waals surface area contributed by atoms with Crippen LogP contribution in [0.25, 0.3) is 10.9 Å². The summed E-state index contributed by atoms with van der Waals surface area (Å²) in [6, 6.07) is 12.7. The standard InChI is InChI=1S/C20H24N6O3S/c1-25(15-4-7-18-17(12-15)19(21)24-20(22)23-18)13-14-2-5-16(6-3-14)30(27,28)26-8-10-29-11-9-26/h2-7,12H,8-11,13H2,1H3,(H4,21,22,23,24). The van der Waals surface area contributed by atoms with E-state index in [0.29, 0.717) is 49.1 Å². The lowest BCUT2D eigenvalue weighted by atomic mass is 10.1. The van der Waals surface area contributed by atoms with Crippen molar-refractivity contribution in [3.05, 3.63) is 48.0 Å². The predicted octanol–water partition coefficient (Wildman–Crippen LogP) is 1.45. The van der Waals surface area contributed by atoms with E-state index in [9.17, 15) is 8.42 Å². The number of hydrogen-bond acceptors (Lipinski definition) is 8. The molecule has 10 heteroatoms. The zero-order chi connectivity index (χ0) is 21.3. The first-order valence-electron chi connectivity index (χ1n) is 9.55. The molecule has 30 heavy (non-hydrogen) atoms. The molecule has 2 aromatic carbocycles. The van der Waals surface area contributed by atoms with Gasteiger partial charge in [0.1, 0.15) is 5.82 Å². The minimum Gasteiger partial charge on any atom is -0.383 e. The van der Waals surface area contributed by atoms with E-state index in [2.05, 4.69) is 9.97 Å². The lowest BCUT2D eigenvalue weighted by Crippen LogP contribution is -2.40. The number of sulfonamides is 1. The largest absolute Gasteiger partial charge is 0.383 e. The Hall–Kier alpha value is -2.95. The van der Waals surface area contributed by atoms with Crippen molar-refractivity contribution in [3.63, 3.8) is 0 Å². The number of hydrogen-bond donors (Lipinski definition) is 2. The number of morpholine rings is 1. The Morgan fingerprint density at radius 3 is 2.47 bits per heavy atom. The molecule has 0 bridgehead atoms. The van der Waals surface area contributed by atoms with Crippen molar-refractivity contribution in [2.45, 2.75) is 11.4 Å². The number of aromatic nitrogens is 2. The summed E-state index contributed by atoms with van der Waals surface area (Å²) in [7, 11) is -1.54. The van der Waals surface area contributed by atoms with Gasteiger partial charge in [0.2, 0.25) is 16.0 Å². The number of ether oxygens (including phenoxy) is 1. The summed E-state index contributed by atoms with van der Waals surface area (Å²) in [5.74, 6) is 0.485. The summed E-state index contributed by atoms with van der Waals surface area (Å²) in [6.07, 6.45) is 0. The monoisotopic (exact) mass is 428 g/mol. The molecule has 1 aliphatic heterocycles. The van der Waals surface area contributed by atoms with Gasteiger partial charge in [-0.1, -0.05) is 12.1 Å². The van der Waals surface area contributed by atoms with Gasteiger partial charge >= 0.3 is 0 Å². The van der Waals surface area contributed by atoms with Crippen LogP contribution in [0.5, 0.6) is 0 Å². The molecule has 0 radical (unpaired) electrons. The maximum absolute atomic E-state index is 12.7. The zero-order valence-electron chi connectivity index (χ0n) is 16.7. The van der Waals surface area contributed by atoms with Crippen molar-refractivity contribution >= 4 is 38.4 Å². The normalized spacial score (nSPS) is 15.4. The van der Waals surface area contributed by atoms with Crippen molar-refractivity contribution in [1.82, 2.24) is 14.3 Å². The second-order valence-corrected chi connectivity index (χ2v) is 9.12. The third-order valence-corrected chi connectivity index (χ3v) is 7.03. The summed E-state index contributed by atoms with van der Waals surface area (Å²) in [4.78, 5) is 10.5. The minimum atomic E-state index is -3.49. The van der Waals surface area contributed by atoms with E-state index < -0.39 is 10.0 Å². The van der Waals surface area contributed by atoms with E-state index in [1.165, 1.54) is 4.31 Å². The fourth-order valence-corrected chi connectivity index (χ4v) is 4.87. The molecule has 0 unspecified atom stereocenters. The molecule has 9 nitrogen and oxygen atoms in total. The molecule has 4 N–H and O–H groups in total. The van der Waals surface area contributed by atoms with Gasteiger partial charge in [-0.15, -0.1) is 0 Å². The van der Waals surface area contributed by atoms with Gasteiger partial charge in [0.05, 0.1) is 23.6 Å². The molecular weight excluding hydrogens is 404 g/mol. The van der Waals surface area contributed by atoms with Crippen LogP contribution in [0.15, 0.2) is 47.4 Å². The molecule has 1 fully saturated rings. The van der Waals surface area contributed by atoms with E-state index in [1.807, 2.05) is 42.3 Å². The van der Waals surface area contributed by atoms with Gasteiger partial charge < -0.3 is 21.1 Å². The van der Waals surface area contributed by atoms with E-state index in [-0.39, 0.29) is 5.95 Å². The molecule has 0 spiro atoms. The van der Waals surface area contributed by atoms with Gasteiger partial charge in [0.25, 0.3) is 0 Å². The van der Waals surface area contributed by atoms with Crippen molar-refractivity contribution < 1.29 is 13.2 Å². The van der Waals surface area contributed by atoms with E-state index in [1.54, 1.807) is 12.1 Å². The highest BCUT2D eigenvalue weighted by Crippen LogP contribution is 2.26. The van der Waals surface area contributed by atoms with Crippen LogP contribution in [0.2, 0.25) is 0 Å². The minimum absolute atomic E-state index is 0.147. The summed E-state index contributed by atoms with van der Waals surface area (Å²) in [6.45, 7) is 2.21. The van der Waals surface area contributed by atoms with Crippen LogP contribution < -0.4 is 16.4 Å². The molecule has 0 aliphatic carbocycles. The number of anilines is 3. The molecule has 2 heterocycles. The third-order valence-electron chi connectivity index (χ3n) is 5.12. The number of rotatable bonds is 5. The molecule has 0 atom stereocenters. The first-order chi connectivity index (χ1) is 14.3. The maximum atomic E-state index is 12.7. The molecule has 4 rings (SSSR count). The van der Waals surface area contributed by atoms with E-state index in [4.69, 9.17) is 16.2 Å². The zero-order valence-corrected chi connectivity index (χ0v) is 17.5. The molecule has 1 aliphatic rings. The van der Waals surface area contributed by atoms with Crippen LogP contribution in [0.3, 0.4) is 0 Å². The number of benzene rings is 2. The summed E-state index contributed by atoms with van der Waals surface area (Å²) < 4.78 is 32.2. The van der Waals surface area contributed by atoms with E-state index in [0.717, 1.165) is 16.6 Å². The SMILES string of the molecule is CN(Cc1ccc(S(=O)(=O)N2CCOCC2)cc1)c1ccc2nc(N)nc(N)c2c1. The van der Waals surface area contributed by atoms with Crippen LogP contribution in [0.4, 0.5) is 17.5 Å². The summed E-state index contributed by atoms with van der Waals surface area (Å²) in [5, 5.41) is 0.737. The quantitative estimate of drug-likeness (QED) is 0.625. The van der Waals surface area contributed by atoms with Gasteiger partial charge in [-0.25, -0.2) is 13.4 Å². The lowest BCUT2D eigenvalue weighted by molar-refractivity contribution is 0.0730. The molecule has 0 saturated carbocycles. The Morgan fingerprint density at radius 2 is 1.77 bits per heavy atom. The number of fused-ring (bicyclic) bond motifs is 1. The maximum Gasteiger partial charge on any atom is 0.243 e. The predicted molar refractivity (Wildman–Crippen MR) is 116 cm³/mol. The van der Waals surface area contributed by atoms with Crippen molar-refractivity contribution in [3.8, 4) is 0 Å². The Kier molecular flexibility index (Phi) is 5.46. The van der Waals surface area contributed by atoms with Crippen molar-refractivity contribution in [2.24, 2.45) is 0 Å². The molecular formula is C20H24N6O3S. The van der Waals surface area contributed by atoms with Gasteiger partial charge in [-0.05, 0) is 35.9 Å². The first kappa shape index (κ1) is 20.3. The number of nitrogens with zero attached hydrogens (tertiary/aromatic N) is 4. The van der Waals surface area contributed by atoms with Gasteiger partial charge in [0.15, 0.2) is 0 Å². The number of nitrogens with two attached hydrogens (primary N) is 2. The summed E-state index contributed by atoms with van der Waals surface area (Å²) in [5.41, 5.74) is 14.2. The van der Waals surface area contributed by atoms with Gasteiger partial charge in [-0.3, -0.25) is 0 Å². The Morgan fingerprint density at radius 1 is 1.07 bits per heavy atom. The highest BCUT2D eigenvalue weighted by molar-refractivity contribution is 7.89. The van der Waals surface area contributed by atoms with E-state index >= 15 is 0 Å². The van der Waals surface area contributed by atoms with Crippen LogP contribution in [0, 0.1) is 0 Å². The Labute approximate surface area is 175 Å². The summed E-state index contributed by atoms with van der Waals surface area (Å²) >= 11 is 0. The molecule has 1 saturated heterocycles. The molecule has 158 valence electrons. The van der Waals surface area contributed by atoms with Crippen LogP contribution in [-0.2, 0) is 21.3 Å². The van der Waals surface area contributed by atoms with Crippen LogP contribution in [0.1, 0.15) is 5.56 Å². The Balaban J connectivity index is 1.51. The molecule has 1 aromatic heterocycles. The van der Waals surface area contributed by atoms with Crippen LogP contribution >= 0.6 is 0 Å². The second-order valence-electron chi connectivity index (χ2n) is 7.18. The smallest absolute Gasteiger partial charge is 0.243 e. The highest BCUT2D eigenvalue weighted by Gasteiger charge is 2.26. The Bertz CT molecular complexity index is 1160. The first-order valence-corrected chi connectivity index (χ1v) is 11.0. The number of nitrogen functional groups attached to an aromatic ring is 2. The highest BCUT2D eigenvalue weighted by atomic mass is 32.2. The van der Waals surface area contributed by atoms with Crippen LogP contribution in [-0.4, -0.2) is 56.0 Å².